The zero-order valence-electron chi connectivity index (χ0n) is 13.3. The van der Waals surface area contributed by atoms with E-state index in [1.165, 1.54) is 21.4 Å². The fraction of sp³-hybridized carbons (Fsp3) is 0.294. The molecule has 3 rings (SSSR count). The van der Waals surface area contributed by atoms with Crippen molar-refractivity contribution in [3.05, 3.63) is 46.6 Å². The number of methoxy groups -OCH3 is 1. The summed E-state index contributed by atoms with van der Waals surface area (Å²) >= 11 is 1.73. The first-order valence-corrected chi connectivity index (χ1v) is 7.96. The molecule has 1 aromatic carbocycles. The van der Waals surface area contributed by atoms with Gasteiger partial charge in [0.05, 0.1) is 12.5 Å². The molecule has 0 spiro atoms. The highest BCUT2D eigenvalue weighted by molar-refractivity contribution is 7.18. The molecule has 0 saturated carbocycles. The second kappa shape index (κ2) is 5.93. The molecule has 0 bridgehead atoms. The van der Waals surface area contributed by atoms with Crippen molar-refractivity contribution in [3.63, 3.8) is 0 Å². The summed E-state index contributed by atoms with van der Waals surface area (Å²) in [7, 11) is 3.75. The molecule has 0 N–H and O–H groups in total. The molecule has 2 aromatic heterocycles. The Morgan fingerprint density at radius 3 is 2.55 bits per heavy atom. The Balaban J connectivity index is 1.93. The maximum atomic E-state index is 5.20. The summed E-state index contributed by atoms with van der Waals surface area (Å²) in [5, 5.41) is 1.17. The monoisotopic (exact) mass is 313 g/mol. The molecule has 2 heterocycles. The third kappa shape index (κ3) is 2.64. The first kappa shape index (κ1) is 14.8. The number of hydrogen-bond donors (Lipinski definition) is 0. The summed E-state index contributed by atoms with van der Waals surface area (Å²) in [5.41, 5.74) is 2.50. The lowest BCUT2D eigenvalue weighted by atomic mass is 10.2. The fourth-order valence-corrected chi connectivity index (χ4v) is 3.52. The molecule has 0 atom stereocenters. The van der Waals surface area contributed by atoms with Gasteiger partial charge in [-0.25, -0.2) is 9.97 Å². The number of nitrogens with zero attached hydrogens (tertiary/aromatic N) is 3. The Labute approximate surface area is 134 Å². The van der Waals surface area contributed by atoms with E-state index in [2.05, 4.69) is 47.9 Å². The number of aromatic nitrogens is 2. The quantitative estimate of drug-likeness (QED) is 0.731. The van der Waals surface area contributed by atoms with Gasteiger partial charge in [0.1, 0.15) is 22.7 Å². The maximum absolute atomic E-state index is 5.20. The fourth-order valence-electron chi connectivity index (χ4n) is 2.53. The van der Waals surface area contributed by atoms with Crippen molar-refractivity contribution >= 4 is 27.4 Å². The van der Waals surface area contributed by atoms with Crippen molar-refractivity contribution in [1.82, 2.24) is 9.97 Å². The van der Waals surface area contributed by atoms with E-state index >= 15 is 0 Å². The van der Waals surface area contributed by atoms with Crippen molar-refractivity contribution in [1.29, 1.82) is 0 Å². The number of hydrogen-bond acceptors (Lipinski definition) is 5. The van der Waals surface area contributed by atoms with Gasteiger partial charge in [-0.2, -0.15) is 0 Å². The van der Waals surface area contributed by atoms with Gasteiger partial charge in [0.2, 0.25) is 0 Å². The van der Waals surface area contributed by atoms with Crippen molar-refractivity contribution in [2.75, 3.05) is 19.1 Å². The number of ether oxygens (including phenoxy) is 1. The Bertz CT molecular complexity index is 796. The molecule has 4 nitrogen and oxygen atoms in total. The van der Waals surface area contributed by atoms with Crippen LogP contribution in [0.5, 0.6) is 5.75 Å². The predicted molar refractivity (Wildman–Crippen MR) is 92.0 cm³/mol. The SMILES string of the molecule is COc1ccc(CN(C)c2ncnc3sc(C)c(C)c23)cc1. The Kier molecular flexibility index (Phi) is 3.98. The minimum atomic E-state index is 0.796. The average molecular weight is 313 g/mol. The first-order chi connectivity index (χ1) is 10.6. The number of benzene rings is 1. The van der Waals surface area contributed by atoms with Crippen LogP contribution in [0.15, 0.2) is 30.6 Å². The van der Waals surface area contributed by atoms with Gasteiger partial charge in [0.25, 0.3) is 0 Å². The minimum Gasteiger partial charge on any atom is -0.497 e. The molecule has 3 aromatic rings. The molecule has 5 heteroatoms. The van der Waals surface area contributed by atoms with Crippen molar-refractivity contribution < 1.29 is 4.74 Å². The van der Waals surface area contributed by atoms with Gasteiger partial charge in [-0.3, -0.25) is 0 Å². The summed E-state index contributed by atoms with van der Waals surface area (Å²) in [5.74, 6) is 1.86. The number of aryl methyl sites for hydroxylation is 2. The summed E-state index contributed by atoms with van der Waals surface area (Å²) in [6, 6.07) is 8.14. The van der Waals surface area contributed by atoms with Crippen LogP contribution in [-0.2, 0) is 6.54 Å². The lowest BCUT2D eigenvalue weighted by molar-refractivity contribution is 0.414. The van der Waals surface area contributed by atoms with Gasteiger partial charge in [-0.1, -0.05) is 12.1 Å². The highest BCUT2D eigenvalue weighted by atomic mass is 32.1. The van der Waals surface area contributed by atoms with E-state index in [9.17, 15) is 0 Å². The molecule has 0 radical (unpaired) electrons. The Hall–Kier alpha value is -2.14. The molecule has 0 aliphatic carbocycles. The minimum absolute atomic E-state index is 0.796. The molecular formula is C17H19N3OS. The molecule has 114 valence electrons. The number of anilines is 1. The van der Waals surface area contributed by atoms with E-state index < -0.39 is 0 Å². The van der Waals surface area contributed by atoms with E-state index in [1.54, 1.807) is 24.8 Å². The zero-order chi connectivity index (χ0) is 15.7. The summed E-state index contributed by atoms with van der Waals surface area (Å²) in [6.45, 7) is 5.07. The van der Waals surface area contributed by atoms with Gasteiger partial charge in [-0.05, 0) is 37.1 Å². The smallest absolute Gasteiger partial charge is 0.141 e. The van der Waals surface area contributed by atoms with Crippen LogP contribution < -0.4 is 9.64 Å². The summed E-state index contributed by atoms with van der Waals surface area (Å²) in [6.07, 6.45) is 1.65. The largest absolute Gasteiger partial charge is 0.497 e. The second-order valence-corrected chi connectivity index (χ2v) is 6.57. The second-order valence-electron chi connectivity index (χ2n) is 5.36. The van der Waals surface area contributed by atoms with Crippen LogP contribution in [0.4, 0.5) is 5.82 Å². The van der Waals surface area contributed by atoms with E-state index in [4.69, 9.17) is 4.74 Å². The van der Waals surface area contributed by atoms with Gasteiger partial charge in [-0.15, -0.1) is 11.3 Å². The van der Waals surface area contributed by atoms with Gasteiger partial charge in [0, 0.05) is 18.5 Å². The molecule has 22 heavy (non-hydrogen) atoms. The van der Waals surface area contributed by atoms with E-state index in [1.807, 2.05) is 12.1 Å². The van der Waals surface area contributed by atoms with Crippen LogP contribution in [0.1, 0.15) is 16.0 Å². The standard InChI is InChI=1S/C17H19N3OS/c1-11-12(2)22-17-15(11)16(18-10-19-17)20(3)9-13-5-7-14(21-4)8-6-13/h5-8,10H,9H2,1-4H3. The lowest BCUT2D eigenvalue weighted by Gasteiger charge is -2.19. The maximum Gasteiger partial charge on any atom is 0.141 e. The van der Waals surface area contributed by atoms with E-state index in [-0.39, 0.29) is 0 Å². The third-order valence-electron chi connectivity index (χ3n) is 3.89. The predicted octanol–water partition coefficient (Wildman–Crippen LogP) is 3.95. The van der Waals surface area contributed by atoms with Crippen LogP contribution in [0.25, 0.3) is 10.2 Å². The van der Waals surface area contributed by atoms with Crippen LogP contribution in [0, 0.1) is 13.8 Å². The molecule has 0 aliphatic rings. The van der Waals surface area contributed by atoms with Crippen LogP contribution in [0.2, 0.25) is 0 Å². The molecule has 0 aliphatic heterocycles. The van der Waals surface area contributed by atoms with Crippen molar-refractivity contribution in [3.8, 4) is 5.75 Å². The van der Waals surface area contributed by atoms with Crippen LogP contribution >= 0.6 is 11.3 Å². The van der Waals surface area contributed by atoms with E-state index in [0.29, 0.717) is 0 Å². The highest BCUT2D eigenvalue weighted by Crippen LogP contribution is 2.34. The number of rotatable bonds is 4. The number of thiophene rings is 1. The van der Waals surface area contributed by atoms with Crippen LogP contribution in [-0.4, -0.2) is 24.1 Å². The Morgan fingerprint density at radius 1 is 1.14 bits per heavy atom. The first-order valence-electron chi connectivity index (χ1n) is 7.15. The van der Waals surface area contributed by atoms with Gasteiger partial charge in [0.15, 0.2) is 0 Å². The number of fused-ring (bicyclic) bond motifs is 1. The van der Waals surface area contributed by atoms with Crippen molar-refractivity contribution in [2.24, 2.45) is 0 Å². The normalized spacial score (nSPS) is 10.9. The van der Waals surface area contributed by atoms with Crippen molar-refractivity contribution in [2.45, 2.75) is 20.4 Å². The van der Waals surface area contributed by atoms with Gasteiger partial charge < -0.3 is 9.64 Å². The summed E-state index contributed by atoms with van der Waals surface area (Å²) in [4.78, 5) is 13.4. The lowest BCUT2D eigenvalue weighted by Crippen LogP contribution is -2.18. The molecule has 0 amide bonds. The third-order valence-corrected chi connectivity index (χ3v) is 5.00. The van der Waals surface area contributed by atoms with E-state index in [0.717, 1.165) is 22.9 Å². The average Bonchev–Trinajstić information content (AvgIpc) is 2.83. The molecule has 0 fully saturated rings. The highest BCUT2D eigenvalue weighted by Gasteiger charge is 2.15. The molecule has 0 unspecified atom stereocenters. The van der Waals surface area contributed by atoms with Crippen LogP contribution in [0.3, 0.4) is 0 Å². The molecule has 0 saturated heterocycles. The Morgan fingerprint density at radius 2 is 1.86 bits per heavy atom. The molecular weight excluding hydrogens is 294 g/mol. The zero-order valence-corrected chi connectivity index (χ0v) is 14.1. The summed E-state index contributed by atoms with van der Waals surface area (Å²) < 4.78 is 5.20. The van der Waals surface area contributed by atoms with Gasteiger partial charge >= 0.3 is 0 Å². The topological polar surface area (TPSA) is 38.2 Å².